The van der Waals surface area contributed by atoms with Gasteiger partial charge in [0.2, 0.25) is 5.91 Å². The Morgan fingerprint density at radius 2 is 1.57 bits per heavy atom. The summed E-state index contributed by atoms with van der Waals surface area (Å²) in [6, 6.07) is 15.6. The van der Waals surface area contributed by atoms with Gasteiger partial charge in [-0.05, 0) is 68.4 Å². The van der Waals surface area contributed by atoms with Gasteiger partial charge in [0.25, 0.3) is 5.91 Å². The van der Waals surface area contributed by atoms with E-state index in [0.29, 0.717) is 11.4 Å². The lowest BCUT2D eigenvalue weighted by Crippen LogP contribution is -2.37. The molecule has 0 aliphatic carbocycles. The van der Waals surface area contributed by atoms with Crippen LogP contribution in [-0.2, 0) is 25.6 Å². The van der Waals surface area contributed by atoms with Crippen molar-refractivity contribution in [3.8, 4) is 0 Å². The van der Waals surface area contributed by atoms with Crippen molar-refractivity contribution in [2.45, 2.75) is 32.9 Å². The van der Waals surface area contributed by atoms with Gasteiger partial charge in [-0.3, -0.25) is 14.6 Å². The van der Waals surface area contributed by atoms with Gasteiger partial charge in [0.05, 0.1) is 48.7 Å². The minimum Gasteiger partial charge on any atom is -0.462 e. The maximum atomic E-state index is 13.6. The summed E-state index contributed by atoms with van der Waals surface area (Å²) in [6.07, 6.45) is 1.24. The molecule has 11 heteroatoms. The lowest BCUT2D eigenvalue weighted by atomic mass is 10.1. The Morgan fingerprint density at radius 1 is 0.875 bits per heavy atom. The first-order chi connectivity index (χ1) is 19.3. The lowest BCUT2D eigenvalue weighted by molar-refractivity contribution is -0.124. The topological polar surface area (TPSA) is 135 Å². The van der Waals surface area contributed by atoms with E-state index in [-0.39, 0.29) is 43.0 Å². The van der Waals surface area contributed by atoms with E-state index in [1.807, 2.05) is 0 Å². The first kappa shape index (κ1) is 28.0. The molecule has 0 radical (unpaired) electrons. The maximum Gasteiger partial charge on any atom is 0.338 e. The van der Waals surface area contributed by atoms with Crippen molar-refractivity contribution in [1.82, 2.24) is 9.88 Å². The molecule has 1 aliphatic rings. The van der Waals surface area contributed by atoms with E-state index in [1.165, 1.54) is 35.2 Å². The molecule has 1 aromatic heterocycles. The third-order valence-corrected chi connectivity index (χ3v) is 6.05. The number of esters is 2. The van der Waals surface area contributed by atoms with Crippen molar-refractivity contribution in [1.29, 1.82) is 0 Å². The van der Waals surface area contributed by atoms with E-state index in [4.69, 9.17) is 9.47 Å². The summed E-state index contributed by atoms with van der Waals surface area (Å²) in [6.45, 7) is 3.80. The summed E-state index contributed by atoms with van der Waals surface area (Å²) in [5, 5.41) is 2.69. The Bertz CT molecular complexity index is 1410. The molecule has 0 saturated carbocycles. The number of rotatable bonds is 10. The van der Waals surface area contributed by atoms with Crippen LogP contribution in [0.4, 0.5) is 16.2 Å². The Balaban J connectivity index is 1.56. The van der Waals surface area contributed by atoms with Crippen molar-refractivity contribution in [3.63, 3.8) is 0 Å². The number of hydrogen-bond acceptors (Lipinski definition) is 8. The van der Waals surface area contributed by atoms with Gasteiger partial charge in [0.1, 0.15) is 6.04 Å². The summed E-state index contributed by atoms with van der Waals surface area (Å²) >= 11 is 0. The van der Waals surface area contributed by atoms with Gasteiger partial charge in [-0.1, -0.05) is 12.1 Å². The molecule has 4 amide bonds. The van der Waals surface area contributed by atoms with E-state index >= 15 is 0 Å². The predicted octanol–water partition coefficient (Wildman–Crippen LogP) is 3.80. The van der Waals surface area contributed by atoms with E-state index in [2.05, 4.69) is 10.3 Å². The number of nitrogens with zero attached hydrogens (tertiary/aromatic N) is 3. The number of benzene rings is 2. The number of urea groups is 1. The fraction of sp³-hybridized carbons (Fsp3) is 0.241. The van der Waals surface area contributed by atoms with Gasteiger partial charge in [0, 0.05) is 11.9 Å². The molecule has 1 fully saturated rings. The van der Waals surface area contributed by atoms with Crippen LogP contribution in [0.5, 0.6) is 0 Å². The van der Waals surface area contributed by atoms with Crippen LogP contribution in [0.2, 0.25) is 0 Å². The predicted molar refractivity (Wildman–Crippen MR) is 144 cm³/mol. The Hall–Kier alpha value is -5.06. The van der Waals surface area contributed by atoms with E-state index in [1.54, 1.807) is 56.4 Å². The number of hydrogen-bond donors (Lipinski definition) is 1. The van der Waals surface area contributed by atoms with Crippen LogP contribution >= 0.6 is 0 Å². The molecule has 1 saturated heterocycles. The number of imide groups is 1. The fourth-order valence-corrected chi connectivity index (χ4v) is 4.20. The van der Waals surface area contributed by atoms with E-state index < -0.39 is 35.8 Å². The van der Waals surface area contributed by atoms with Gasteiger partial charge in [-0.25, -0.2) is 19.3 Å². The molecule has 1 unspecified atom stereocenters. The second-order valence-corrected chi connectivity index (χ2v) is 8.74. The number of anilines is 2. The Labute approximate surface area is 230 Å². The zero-order chi connectivity index (χ0) is 28.6. The highest BCUT2D eigenvalue weighted by Gasteiger charge is 2.46. The largest absolute Gasteiger partial charge is 0.462 e. The lowest BCUT2D eigenvalue weighted by Gasteiger charge is -2.21. The minimum atomic E-state index is -1.12. The number of aromatic nitrogens is 1. The highest BCUT2D eigenvalue weighted by molar-refractivity contribution is 6.22. The Morgan fingerprint density at radius 3 is 2.23 bits per heavy atom. The van der Waals surface area contributed by atoms with Crippen molar-refractivity contribution < 1.29 is 33.4 Å². The molecule has 0 bridgehead atoms. The van der Waals surface area contributed by atoms with Crippen LogP contribution in [0.1, 0.15) is 46.7 Å². The minimum absolute atomic E-state index is 0.000880. The van der Waals surface area contributed by atoms with Crippen molar-refractivity contribution in [2.75, 3.05) is 23.4 Å². The average Bonchev–Trinajstić information content (AvgIpc) is 3.17. The SMILES string of the molecule is CCOC(=O)c1ccc(N2C(=O)C(CC(=O)Nc3cccc(C(=O)OCC)c3)N(Cc3ccccn3)C2=O)cc1. The van der Waals surface area contributed by atoms with Crippen molar-refractivity contribution in [3.05, 3.63) is 89.7 Å². The summed E-state index contributed by atoms with van der Waals surface area (Å²) in [4.78, 5) is 70.7. The van der Waals surface area contributed by atoms with Crippen LogP contribution in [0.15, 0.2) is 72.9 Å². The molecule has 1 atom stereocenters. The number of nitrogens with one attached hydrogen (secondary N) is 1. The van der Waals surface area contributed by atoms with Gasteiger partial charge in [-0.15, -0.1) is 0 Å². The van der Waals surface area contributed by atoms with Gasteiger partial charge in [0.15, 0.2) is 0 Å². The molecular weight excluding hydrogens is 516 g/mol. The van der Waals surface area contributed by atoms with Gasteiger partial charge < -0.3 is 19.7 Å². The highest BCUT2D eigenvalue weighted by atomic mass is 16.5. The Kier molecular flexibility index (Phi) is 8.85. The van der Waals surface area contributed by atoms with Gasteiger partial charge >= 0.3 is 18.0 Å². The number of carbonyl (C=O) groups is 5. The fourth-order valence-electron chi connectivity index (χ4n) is 4.20. The maximum absolute atomic E-state index is 13.6. The third kappa shape index (κ3) is 6.32. The summed E-state index contributed by atoms with van der Waals surface area (Å²) in [5.74, 6) is -2.18. The monoisotopic (exact) mass is 544 g/mol. The summed E-state index contributed by atoms with van der Waals surface area (Å²) < 4.78 is 9.99. The van der Waals surface area contributed by atoms with E-state index in [0.717, 1.165) is 4.90 Å². The summed E-state index contributed by atoms with van der Waals surface area (Å²) in [7, 11) is 0. The standard InChI is InChI=1S/C29H28N4O7/c1-3-39-27(36)19-11-13-23(14-12-19)33-26(35)24(32(29(33)38)18-22-9-5-6-15-30-22)17-25(34)31-21-10-7-8-20(16-21)28(37)40-4-2/h5-16,24H,3-4,17-18H2,1-2H3,(H,31,34). The molecule has 40 heavy (non-hydrogen) atoms. The van der Waals surface area contributed by atoms with Crippen LogP contribution in [0.3, 0.4) is 0 Å². The van der Waals surface area contributed by atoms with Crippen molar-refractivity contribution in [2.24, 2.45) is 0 Å². The van der Waals surface area contributed by atoms with Crippen molar-refractivity contribution >= 4 is 41.2 Å². The van der Waals surface area contributed by atoms with Crippen LogP contribution in [0.25, 0.3) is 0 Å². The van der Waals surface area contributed by atoms with E-state index in [9.17, 15) is 24.0 Å². The molecule has 0 spiro atoms. The van der Waals surface area contributed by atoms with Crippen LogP contribution < -0.4 is 10.2 Å². The number of ether oxygens (including phenoxy) is 2. The summed E-state index contributed by atoms with van der Waals surface area (Å²) in [5.41, 5.74) is 1.67. The third-order valence-electron chi connectivity index (χ3n) is 6.05. The number of pyridine rings is 1. The number of carbonyl (C=O) groups excluding carboxylic acids is 5. The van der Waals surface area contributed by atoms with Crippen LogP contribution in [-0.4, -0.2) is 58.9 Å². The molecule has 11 nitrogen and oxygen atoms in total. The second kappa shape index (κ2) is 12.7. The molecule has 2 aromatic carbocycles. The van der Waals surface area contributed by atoms with Gasteiger partial charge in [-0.2, -0.15) is 0 Å². The normalized spacial score (nSPS) is 14.7. The van der Waals surface area contributed by atoms with Crippen LogP contribution in [0, 0.1) is 0 Å². The first-order valence-corrected chi connectivity index (χ1v) is 12.7. The molecule has 1 N–H and O–H groups in total. The highest BCUT2D eigenvalue weighted by Crippen LogP contribution is 2.29. The molecular formula is C29H28N4O7. The second-order valence-electron chi connectivity index (χ2n) is 8.74. The average molecular weight is 545 g/mol. The number of amides is 4. The smallest absolute Gasteiger partial charge is 0.338 e. The molecule has 3 aromatic rings. The zero-order valence-electron chi connectivity index (χ0n) is 22.0. The molecule has 1 aliphatic heterocycles. The molecule has 206 valence electrons. The first-order valence-electron chi connectivity index (χ1n) is 12.7. The quantitative estimate of drug-likeness (QED) is 0.301. The molecule has 4 rings (SSSR count). The molecule has 2 heterocycles. The zero-order valence-corrected chi connectivity index (χ0v) is 22.0.